The van der Waals surface area contributed by atoms with Crippen molar-refractivity contribution in [2.24, 2.45) is 0 Å². The first-order valence-electron chi connectivity index (χ1n) is 8.92. The fourth-order valence-corrected chi connectivity index (χ4v) is 4.28. The number of ether oxygens (including phenoxy) is 1. The van der Waals surface area contributed by atoms with Gasteiger partial charge in [0.15, 0.2) is 5.13 Å². The van der Waals surface area contributed by atoms with Gasteiger partial charge in [-0.15, -0.1) is 0 Å². The number of carbonyl (C=O) groups is 1. The molecule has 4 rings (SSSR count). The van der Waals surface area contributed by atoms with Crippen LogP contribution in [0, 0.1) is 11.6 Å². The van der Waals surface area contributed by atoms with Crippen molar-refractivity contribution in [3.05, 3.63) is 88.4 Å². The number of benzene rings is 3. The molecule has 4 aromatic rings. The first-order valence-corrected chi connectivity index (χ1v) is 10.1. The van der Waals surface area contributed by atoms with E-state index in [4.69, 9.17) is 16.3 Å². The van der Waals surface area contributed by atoms with Gasteiger partial charge < -0.3 is 4.74 Å². The number of rotatable bonds is 5. The summed E-state index contributed by atoms with van der Waals surface area (Å²) in [6.45, 7) is 0.149. The van der Waals surface area contributed by atoms with Crippen LogP contribution in [0.5, 0.6) is 5.75 Å². The molecule has 0 fully saturated rings. The summed E-state index contributed by atoms with van der Waals surface area (Å²) in [4.78, 5) is 19.2. The molecule has 0 radical (unpaired) electrons. The summed E-state index contributed by atoms with van der Waals surface area (Å²) < 4.78 is 33.7. The van der Waals surface area contributed by atoms with Gasteiger partial charge in [-0.2, -0.15) is 0 Å². The Kier molecular flexibility index (Phi) is 5.65. The van der Waals surface area contributed by atoms with Crippen LogP contribution in [0.1, 0.15) is 15.9 Å². The number of hydrogen-bond acceptors (Lipinski definition) is 4. The van der Waals surface area contributed by atoms with Crippen molar-refractivity contribution in [1.82, 2.24) is 4.98 Å². The van der Waals surface area contributed by atoms with Crippen LogP contribution in [0.25, 0.3) is 10.2 Å². The van der Waals surface area contributed by atoms with Gasteiger partial charge in [-0.05, 0) is 29.8 Å². The molecule has 1 amide bonds. The van der Waals surface area contributed by atoms with Crippen molar-refractivity contribution in [3.63, 3.8) is 0 Å². The fraction of sp³-hybridized carbons (Fsp3) is 0.0909. The summed E-state index contributed by atoms with van der Waals surface area (Å²) >= 11 is 7.51. The Morgan fingerprint density at radius 3 is 2.60 bits per heavy atom. The summed E-state index contributed by atoms with van der Waals surface area (Å²) in [7, 11) is 1.52. The average molecular weight is 445 g/mol. The van der Waals surface area contributed by atoms with E-state index in [0.29, 0.717) is 32.2 Å². The van der Waals surface area contributed by atoms with Crippen molar-refractivity contribution >= 4 is 44.2 Å². The van der Waals surface area contributed by atoms with Gasteiger partial charge in [-0.1, -0.05) is 53.3 Å². The van der Waals surface area contributed by atoms with Crippen LogP contribution in [0.4, 0.5) is 13.9 Å². The Hall–Kier alpha value is -3.03. The maximum atomic E-state index is 14.4. The Morgan fingerprint density at radius 1 is 1.13 bits per heavy atom. The molecule has 8 heteroatoms. The number of thiazole rings is 1. The highest BCUT2D eigenvalue weighted by Gasteiger charge is 2.25. The SMILES string of the molecule is COc1ccc(Cl)c2sc(N(Cc3ccccc3)C(=O)c3ccc(F)cc3F)nc12. The summed E-state index contributed by atoms with van der Waals surface area (Å²) in [5.74, 6) is -1.81. The number of hydrogen-bond donors (Lipinski definition) is 0. The number of methoxy groups -OCH3 is 1. The van der Waals surface area contributed by atoms with Crippen molar-refractivity contribution in [1.29, 1.82) is 0 Å². The van der Waals surface area contributed by atoms with E-state index in [1.165, 1.54) is 23.3 Å². The van der Waals surface area contributed by atoms with Gasteiger partial charge >= 0.3 is 0 Å². The van der Waals surface area contributed by atoms with Crippen LogP contribution < -0.4 is 9.64 Å². The highest BCUT2D eigenvalue weighted by atomic mass is 35.5. The van der Waals surface area contributed by atoms with E-state index in [9.17, 15) is 13.6 Å². The second kappa shape index (κ2) is 8.38. The first kappa shape index (κ1) is 20.3. The van der Waals surface area contributed by atoms with E-state index in [1.807, 2.05) is 30.3 Å². The lowest BCUT2D eigenvalue weighted by Gasteiger charge is -2.20. The molecule has 0 spiro atoms. The maximum absolute atomic E-state index is 14.4. The quantitative estimate of drug-likeness (QED) is 0.374. The van der Waals surface area contributed by atoms with Crippen LogP contribution in [-0.2, 0) is 6.54 Å². The normalized spacial score (nSPS) is 10.9. The smallest absolute Gasteiger partial charge is 0.263 e. The van der Waals surface area contributed by atoms with Crippen molar-refractivity contribution in [3.8, 4) is 5.75 Å². The number of carbonyl (C=O) groups excluding carboxylic acids is 1. The van der Waals surface area contributed by atoms with Gasteiger partial charge in [0, 0.05) is 6.07 Å². The zero-order valence-corrected chi connectivity index (χ0v) is 17.3. The molecule has 0 unspecified atom stereocenters. The molecule has 1 aromatic heterocycles. The number of fused-ring (bicyclic) bond motifs is 1. The molecule has 30 heavy (non-hydrogen) atoms. The highest BCUT2D eigenvalue weighted by molar-refractivity contribution is 7.23. The molecule has 0 aliphatic carbocycles. The fourth-order valence-electron chi connectivity index (χ4n) is 3.02. The maximum Gasteiger partial charge on any atom is 0.263 e. The van der Waals surface area contributed by atoms with Crippen LogP contribution in [0.2, 0.25) is 5.02 Å². The lowest BCUT2D eigenvalue weighted by Crippen LogP contribution is -2.31. The van der Waals surface area contributed by atoms with Crippen LogP contribution in [0.15, 0.2) is 60.7 Å². The van der Waals surface area contributed by atoms with Crippen molar-refractivity contribution in [2.45, 2.75) is 6.54 Å². The minimum atomic E-state index is -0.935. The Balaban J connectivity index is 1.84. The van der Waals surface area contributed by atoms with E-state index in [2.05, 4.69) is 4.98 Å². The average Bonchev–Trinajstić information content (AvgIpc) is 3.19. The van der Waals surface area contributed by atoms with Gasteiger partial charge in [-0.3, -0.25) is 9.69 Å². The summed E-state index contributed by atoms with van der Waals surface area (Å²) in [6.07, 6.45) is 0. The van der Waals surface area contributed by atoms with Gasteiger partial charge in [0.2, 0.25) is 0 Å². The van der Waals surface area contributed by atoms with Crippen LogP contribution in [-0.4, -0.2) is 18.0 Å². The third-order valence-corrected chi connectivity index (χ3v) is 6.03. The standard InChI is InChI=1S/C22H15ClF2N2O2S/c1-29-18-10-9-16(23)20-19(18)26-22(30-20)27(12-13-5-3-2-4-6-13)21(28)15-8-7-14(24)11-17(15)25/h2-11H,12H2,1H3. The minimum Gasteiger partial charge on any atom is -0.494 e. The largest absolute Gasteiger partial charge is 0.494 e. The van der Waals surface area contributed by atoms with Crippen LogP contribution >= 0.6 is 22.9 Å². The van der Waals surface area contributed by atoms with Gasteiger partial charge in [0.05, 0.1) is 28.9 Å². The molecule has 1 heterocycles. The van der Waals surface area contributed by atoms with Crippen LogP contribution in [0.3, 0.4) is 0 Å². The van der Waals surface area contributed by atoms with E-state index in [0.717, 1.165) is 17.7 Å². The Morgan fingerprint density at radius 2 is 1.90 bits per heavy atom. The van der Waals surface area contributed by atoms with E-state index < -0.39 is 17.5 Å². The predicted octanol–water partition coefficient (Wildman–Crippen LogP) is 6.08. The lowest BCUT2D eigenvalue weighted by molar-refractivity contribution is 0.0981. The number of nitrogens with zero attached hydrogens (tertiary/aromatic N) is 2. The summed E-state index contributed by atoms with van der Waals surface area (Å²) in [6, 6.07) is 15.5. The van der Waals surface area contributed by atoms with E-state index in [-0.39, 0.29) is 12.1 Å². The Bertz CT molecular complexity index is 1230. The molecule has 0 atom stereocenters. The molecule has 0 N–H and O–H groups in total. The van der Waals surface area contributed by atoms with E-state index in [1.54, 1.807) is 12.1 Å². The molecule has 0 saturated carbocycles. The monoisotopic (exact) mass is 444 g/mol. The molecule has 4 nitrogen and oxygen atoms in total. The van der Waals surface area contributed by atoms with Gasteiger partial charge in [0.1, 0.15) is 22.9 Å². The number of anilines is 1. The Labute approximate surface area is 180 Å². The summed E-state index contributed by atoms with van der Waals surface area (Å²) in [5.41, 5.74) is 1.09. The molecule has 0 bridgehead atoms. The zero-order chi connectivity index (χ0) is 21.3. The third-order valence-electron chi connectivity index (χ3n) is 4.49. The third kappa shape index (κ3) is 3.86. The molecule has 0 saturated heterocycles. The molecular formula is C22H15ClF2N2O2S. The van der Waals surface area contributed by atoms with E-state index >= 15 is 0 Å². The highest BCUT2D eigenvalue weighted by Crippen LogP contribution is 2.39. The van der Waals surface area contributed by atoms with Gasteiger partial charge in [-0.25, -0.2) is 13.8 Å². The molecule has 152 valence electrons. The first-order chi connectivity index (χ1) is 14.5. The summed E-state index contributed by atoms with van der Waals surface area (Å²) in [5, 5.41) is 0.795. The van der Waals surface area contributed by atoms with Crippen molar-refractivity contribution in [2.75, 3.05) is 12.0 Å². The number of aromatic nitrogens is 1. The molecule has 3 aromatic carbocycles. The predicted molar refractivity (Wildman–Crippen MR) is 114 cm³/mol. The number of halogens is 3. The molecule has 0 aliphatic rings. The lowest BCUT2D eigenvalue weighted by atomic mass is 10.1. The zero-order valence-electron chi connectivity index (χ0n) is 15.7. The number of amides is 1. The topological polar surface area (TPSA) is 42.4 Å². The van der Waals surface area contributed by atoms with Crippen molar-refractivity contribution < 1.29 is 18.3 Å². The second-order valence-corrected chi connectivity index (χ2v) is 7.81. The minimum absolute atomic E-state index is 0.149. The van der Waals surface area contributed by atoms with Gasteiger partial charge in [0.25, 0.3) is 5.91 Å². The molecule has 0 aliphatic heterocycles. The molecular weight excluding hydrogens is 430 g/mol. The second-order valence-electron chi connectivity index (χ2n) is 6.42.